The molecule has 3 aromatic rings. The van der Waals surface area contributed by atoms with Crippen LogP contribution in [-0.2, 0) is 9.59 Å². The number of nitrogens with one attached hydrogen (secondary N) is 2. The molecule has 0 aliphatic carbocycles. The van der Waals surface area contributed by atoms with Gasteiger partial charge >= 0.3 is 0 Å². The number of non-ortho nitro benzene ring substituents is 1. The van der Waals surface area contributed by atoms with E-state index >= 15 is 0 Å². The molecule has 0 saturated carbocycles. The molecule has 2 N–H and O–H groups in total. The van der Waals surface area contributed by atoms with Crippen LogP contribution in [0.25, 0.3) is 0 Å². The predicted molar refractivity (Wildman–Crippen MR) is 130 cm³/mol. The van der Waals surface area contributed by atoms with Crippen LogP contribution in [0.5, 0.6) is 0 Å². The predicted octanol–water partition coefficient (Wildman–Crippen LogP) is 4.02. The summed E-state index contributed by atoms with van der Waals surface area (Å²) in [5.41, 5.74) is 4.46. The molecule has 34 heavy (non-hydrogen) atoms. The molecular weight excluding hydrogens is 432 g/mol. The summed E-state index contributed by atoms with van der Waals surface area (Å²) in [5.74, 6) is -1.56. The number of hydrazone groups is 1. The fraction of sp³-hybridized carbons (Fsp3) is 0.192. The van der Waals surface area contributed by atoms with Gasteiger partial charge in [0.2, 0.25) is 5.91 Å². The van der Waals surface area contributed by atoms with Gasteiger partial charge in [0.15, 0.2) is 0 Å². The third kappa shape index (κ3) is 6.35. The van der Waals surface area contributed by atoms with Gasteiger partial charge < -0.3 is 5.32 Å². The van der Waals surface area contributed by atoms with E-state index in [-0.39, 0.29) is 17.5 Å². The summed E-state index contributed by atoms with van der Waals surface area (Å²) >= 11 is 0. The summed E-state index contributed by atoms with van der Waals surface area (Å²) < 4.78 is 0. The number of benzene rings is 3. The highest BCUT2D eigenvalue weighted by Gasteiger charge is 2.29. The summed E-state index contributed by atoms with van der Waals surface area (Å²) in [4.78, 5) is 36.6. The third-order valence-electron chi connectivity index (χ3n) is 5.24. The van der Waals surface area contributed by atoms with E-state index in [9.17, 15) is 19.7 Å². The van der Waals surface area contributed by atoms with E-state index in [1.165, 1.54) is 24.4 Å². The zero-order chi connectivity index (χ0) is 24.5. The minimum absolute atomic E-state index is 0.0736. The smallest absolute Gasteiger partial charge is 0.270 e. The number of nitro groups is 1. The molecule has 0 aliphatic heterocycles. The van der Waals surface area contributed by atoms with Crippen molar-refractivity contribution >= 4 is 23.7 Å². The molecule has 0 heterocycles. The van der Waals surface area contributed by atoms with E-state index in [0.717, 1.165) is 11.1 Å². The van der Waals surface area contributed by atoms with Crippen LogP contribution >= 0.6 is 0 Å². The second kappa shape index (κ2) is 11.5. The van der Waals surface area contributed by atoms with Crippen LogP contribution in [0.4, 0.5) is 5.69 Å². The van der Waals surface area contributed by atoms with Crippen LogP contribution in [0.1, 0.15) is 36.5 Å². The van der Waals surface area contributed by atoms with E-state index < -0.39 is 22.8 Å². The van der Waals surface area contributed by atoms with Crippen LogP contribution in [0.3, 0.4) is 0 Å². The van der Waals surface area contributed by atoms with Crippen molar-refractivity contribution < 1.29 is 14.5 Å². The molecule has 0 saturated heterocycles. The summed E-state index contributed by atoms with van der Waals surface area (Å²) in [5, 5.41) is 17.7. The Hall–Kier alpha value is -4.33. The van der Waals surface area contributed by atoms with E-state index in [0.29, 0.717) is 5.56 Å². The Labute approximate surface area is 197 Å². The van der Waals surface area contributed by atoms with Crippen LogP contribution < -0.4 is 10.7 Å². The van der Waals surface area contributed by atoms with Gasteiger partial charge in [0.1, 0.15) is 6.04 Å². The molecule has 0 aliphatic rings. The second-order valence-corrected chi connectivity index (χ2v) is 8.07. The maximum Gasteiger partial charge on any atom is 0.270 e. The van der Waals surface area contributed by atoms with Crippen LogP contribution in [0.15, 0.2) is 90.0 Å². The summed E-state index contributed by atoms with van der Waals surface area (Å²) in [7, 11) is 0. The molecule has 8 nitrogen and oxygen atoms in total. The highest BCUT2D eigenvalue weighted by atomic mass is 16.6. The lowest BCUT2D eigenvalue weighted by molar-refractivity contribution is -0.384. The lowest BCUT2D eigenvalue weighted by Crippen LogP contribution is -2.50. The van der Waals surface area contributed by atoms with Gasteiger partial charge in [-0.3, -0.25) is 19.7 Å². The highest BCUT2D eigenvalue weighted by molar-refractivity contribution is 5.93. The molecule has 0 fully saturated rings. The fourth-order valence-corrected chi connectivity index (χ4v) is 3.52. The number of hydrogen-bond donors (Lipinski definition) is 2. The number of carbonyl (C=O) groups excluding carboxylic acids is 2. The van der Waals surface area contributed by atoms with Gasteiger partial charge in [-0.25, -0.2) is 5.43 Å². The maximum atomic E-state index is 13.4. The average Bonchev–Trinajstić information content (AvgIpc) is 2.84. The normalized spacial score (nSPS) is 12.0. The topological polar surface area (TPSA) is 114 Å². The Bertz CT molecular complexity index is 1120. The Kier molecular flexibility index (Phi) is 8.23. The molecule has 3 rings (SSSR count). The van der Waals surface area contributed by atoms with Gasteiger partial charge in [-0.1, -0.05) is 86.6 Å². The number of rotatable bonds is 9. The first kappa shape index (κ1) is 24.3. The third-order valence-corrected chi connectivity index (χ3v) is 5.24. The zero-order valence-electron chi connectivity index (χ0n) is 18.9. The number of amides is 2. The summed E-state index contributed by atoms with van der Waals surface area (Å²) in [6, 6.07) is 23.8. The molecule has 0 bridgehead atoms. The first-order chi connectivity index (χ1) is 16.4. The number of nitrogens with zero attached hydrogens (tertiary/aromatic N) is 2. The van der Waals surface area contributed by atoms with Crippen molar-refractivity contribution in [2.24, 2.45) is 11.0 Å². The quantitative estimate of drug-likeness (QED) is 0.286. The van der Waals surface area contributed by atoms with Crippen molar-refractivity contribution in [3.8, 4) is 0 Å². The number of nitro benzene ring substituents is 1. The molecule has 2 amide bonds. The highest BCUT2D eigenvalue weighted by Crippen LogP contribution is 2.25. The van der Waals surface area contributed by atoms with Crippen LogP contribution in [0, 0.1) is 16.0 Å². The Balaban J connectivity index is 1.75. The maximum absolute atomic E-state index is 13.4. The van der Waals surface area contributed by atoms with E-state index in [1.54, 1.807) is 6.07 Å². The SMILES string of the molecule is CC(C)[C@H](NC(=O)C(c1ccccc1)c1ccccc1)C(=O)N/N=C\c1cccc([N+](=O)[O-])c1. The molecule has 174 valence electrons. The van der Waals surface area contributed by atoms with Crippen molar-refractivity contribution in [2.75, 3.05) is 0 Å². The molecular formula is C26H26N4O4. The van der Waals surface area contributed by atoms with Crippen LogP contribution in [-0.4, -0.2) is 29.0 Å². The standard InChI is InChI=1S/C26H26N4O4/c1-18(2)24(26(32)29-27-17-19-10-9-15-22(16-19)30(33)34)28-25(31)23(20-11-5-3-6-12-20)21-13-7-4-8-14-21/h3-18,23-24H,1-2H3,(H,28,31)(H,29,32)/b27-17-/t24-/m0/s1. The van der Waals surface area contributed by atoms with E-state index in [1.807, 2.05) is 74.5 Å². The van der Waals surface area contributed by atoms with Crippen molar-refractivity contribution in [3.05, 3.63) is 112 Å². The van der Waals surface area contributed by atoms with Gasteiger partial charge in [-0.15, -0.1) is 0 Å². The lowest BCUT2D eigenvalue weighted by Gasteiger charge is -2.24. The van der Waals surface area contributed by atoms with Gasteiger partial charge in [-0.05, 0) is 17.0 Å². The lowest BCUT2D eigenvalue weighted by atomic mass is 9.89. The van der Waals surface area contributed by atoms with Crippen molar-refractivity contribution in [1.29, 1.82) is 0 Å². The van der Waals surface area contributed by atoms with E-state index in [2.05, 4.69) is 15.8 Å². The second-order valence-electron chi connectivity index (χ2n) is 8.07. The first-order valence-corrected chi connectivity index (χ1v) is 10.8. The summed E-state index contributed by atoms with van der Waals surface area (Å²) in [6.45, 7) is 3.66. The minimum Gasteiger partial charge on any atom is -0.343 e. The number of carbonyl (C=O) groups is 2. The number of hydrogen-bond acceptors (Lipinski definition) is 5. The molecule has 0 aromatic heterocycles. The zero-order valence-corrected chi connectivity index (χ0v) is 18.9. The Morgan fingerprint density at radius 2 is 1.47 bits per heavy atom. The Morgan fingerprint density at radius 1 is 0.882 bits per heavy atom. The molecule has 8 heteroatoms. The van der Waals surface area contributed by atoms with Crippen molar-refractivity contribution in [3.63, 3.8) is 0 Å². The van der Waals surface area contributed by atoms with Gasteiger partial charge in [0.25, 0.3) is 11.6 Å². The molecule has 0 radical (unpaired) electrons. The van der Waals surface area contributed by atoms with Crippen molar-refractivity contribution in [1.82, 2.24) is 10.7 Å². The molecule has 0 spiro atoms. The molecule has 1 atom stereocenters. The van der Waals surface area contributed by atoms with Gasteiger partial charge in [-0.2, -0.15) is 5.10 Å². The molecule has 3 aromatic carbocycles. The Morgan fingerprint density at radius 3 is 2.00 bits per heavy atom. The van der Waals surface area contributed by atoms with Gasteiger partial charge in [0, 0.05) is 17.7 Å². The van der Waals surface area contributed by atoms with E-state index in [4.69, 9.17) is 0 Å². The summed E-state index contributed by atoms with van der Waals surface area (Å²) in [6.07, 6.45) is 1.32. The monoisotopic (exact) mass is 458 g/mol. The average molecular weight is 459 g/mol. The first-order valence-electron chi connectivity index (χ1n) is 10.8. The van der Waals surface area contributed by atoms with Gasteiger partial charge in [0.05, 0.1) is 17.1 Å². The fourth-order valence-electron chi connectivity index (χ4n) is 3.52. The van der Waals surface area contributed by atoms with Crippen LogP contribution in [0.2, 0.25) is 0 Å². The van der Waals surface area contributed by atoms with Crippen molar-refractivity contribution in [2.45, 2.75) is 25.8 Å². The minimum atomic E-state index is -0.829. The largest absolute Gasteiger partial charge is 0.343 e. The molecule has 0 unspecified atom stereocenters.